The van der Waals surface area contributed by atoms with Gasteiger partial charge in [-0.25, -0.2) is 0 Å². The van der Waals surface area contributed by atoms with Crippen LogP contribution in [0.1, 0.15) is 23.6 Å². The van der Waals surface area contributed by atoms with Gasteiger partial charge in [-0.1, -0.05) is 48.5 Å². The smallest absolute Gasteiger partial charge is 0.290 e. The number of carbonyl (C=O) groups is 2. The molecule has 7 nitrogen and oxygen atoms in total. The SMILES string of the molecule is O=C(C=Cc1ccccc1)C1=C(O)C(=O)N(CCCN2CCOCC2)C1c1cccc(O)c1. The van der Waals surface area contributed by atoms with Gasteiger partial charge in [0.25, 0.3) is 5.91 Å². The Kier molecular flexibility index (Phi) is 7.22. The van der Waals surface area contributed by atoms with Gasteiger partial charge in [0.15, 0.2) is 11.5 Å². The van der Waals surface area contributed by atoms with E-state index in [-0.39, 0.29) is 11.3 Å². The van der Waals surface area contributed by atoms with Crippen molar-refractivity contribution in [3.8, 4) is 5.75 Å². The van der Waals surface area contributed by atoms with Gasteiger partial charge in [0, 0.05) is 26.2 Å². The summed E-state index contributed by atoms with van der Waals surface area (Å²) in [5.41, 5.74) is 1.45. The molecule has 7 heteroatoms. The number of carbonyl (C=O) groups excluding carboxylic acids is 2. The summed E-state index contributed by atoms with van der Waals surface area (Å²) in [5, 5.41) is 20.7. The Labute approximate surface area is 193 Å². The molecule has 1 amide bonds. The summed E-state index contributed by atoms with van der Waals surface area (Å²) in [5.74, 6) is -1.50. The van der Waals surface area contributed by atoms with Crippen LogP contribution in [0, 0.1) is 0 Å². The Hall–Kier alpha value is -3.42. The number of rotatable bonds is 8. The van der Waals surface area contributed by atoms with Crippen LogP contribution in [0.3, 0.4) is 0 Å². The Bertz CT molecular complexity index is 1060. The van der Waals surface area contributed by atoms with Crippen LogP contribution >= 0.6 is 0 Å². The van der Waals surface area contributed by atoms with Gasteiger partial charge in [-0.05, 0) is 35.8 Å². The molecule has 0 aromatic heterocycles. The number of allylic oxidation sites excluding steroid dienone is 1. The zero-order valence-corrected chi connectivity index (χ0v) is 18.4. The highest BCUT2D eigenvalue weighted by atomic mass is 16.5. The number of aromatic hydroxyl groups is 1. The summed E-state index contributed by atoms with van der Waals surface area (Å²) < 4.78 is 5.38. The second-order valence-electron chi connectivity index (χ2n) is 8.17. The highest BCUT2D eigenvalue weighted by Crippen LogP contribution is 2.39. The highest BCUT2D eigenvalue weighted by molar-refractivity contribution is 6.14. The van der Waals surface area contributed by atoms with Crippen molar-refractivity contribution < 1.29 is 24.5 Å². The van der Waals surface area contributed by atoms with Crippen molar-refractivity contribution in [2.45, 2.75) is 12.5 Å². The largest absolute Gasteiger partial charge is 0.508 e. The van der Waals surface area contributed by atoms with Crippen LogP contribution in [0.15, 0.2) is 72.0 Å². The van der Waals surface area contributed by atoms with E-state index in [9.17, 15) is 19.8 Å². The number of morpholine rings is 1. The molecule has 1 atom stereocenters. The van der Waals surface area contributed by atoms with Crippen LogP contribution in [0.5, 0.6) is 5.75 Å². The summed E-state index contributed by atoms with van der Waals surface area (Å²) in [6, 6.07) is 15.1. The van der Waals surface area contributed by atoms with E-state index >= 15 is 0 Å². The fourth-order valence-corrected chi connectivity index (χ4v) is 4.29. The zero-order chi connectivity index (χ0) is 23.2. The molecule has 2 heterocycles. The number of nitrogens with zero attached hydrogens (tertiary/aromatic N) is 2. The molecule has 1 saturated heterocycles. The second kappa shape index (κ2) is 10.5. The molecule has 0 saturated carbocycles. The Morgan fingerprint density at radius 2 is 1.79 bits per heavy atom. The molecule has 1 unspecified atom stereocenters. The van der Waals surface area contributed by atoms with Crippen molar-refractivity contribution in [2.24, 2.45) is 0 Å². The monoisotopic (exact) mass is 448 g/mol. The van der Waals surface area contributed by atoms with E-state index in [1.807, 2.05) is 30.3 Å². The van der Waals surface area contributed by atoms with Crippen molar-refractivity contribution in [2.75, 3.05) is 39.4 Å². The van der Waals surface area contributed by atoms with Crippen molar-refractivity contribution in [1.82, 2.24) is 9.80 Å². The van der Waals surface area contributed by atoms with Gasteiger partial charge < -0.3 is 19.8 Å². The first-order valence-corrected chi connectivity index (χ1v) is 11.1. The second-order valence-corrected chi connectivity index (χ2v) is 8.17. The van der Waals surface area contributed by atoms with E-state index < -0.39 is 23.5 Å². The van der Waals surface area contributed by atoms with Crippen LogP contribution in [-0.2, 0) is 14.3 Å². The van der Waals surface area contributed by atoms with Gasteiger partial charge in [0.05, 0.1) is 24.8 Å². The van der Waals surface area contributed by atoms with Gasteiger partial charge in [-0.3, -0.25) is 14.5 Å². The van der Waals surface area contributed by atoms with Crippen molar-refractivity contribution in [3.63, 3.8) is 0 Å². The predicted octanol–water partition coefficient (Wildman–Crippen LogP) is 3.09. The maximum absolute atomic E-state index is 13.1. The summed E-state index contributed by atoms with van der Waals surface area (Å²) in [6.07, 6.45) is 3.73. The third-order valence-electron chi connectivity index (χ3n) is 5.96. The maximum Gasteiger partial charge on any atom is 0.290 e. The van der Waals surface area contributed by atoms with Crippen molar-refractivity contribution in [1.29, 1.82) is 0 Å². The Morgan fingerprint density at radius 1 is 1.03 bits per heavy atom. The minimum Gasteiger partial charge on any atom is -0.508 e. The van der Waals surface area contributed by atoms with Gasteiger partial charge in [0.1, 0.15) is 5.75 Å². The van der Waals surface area contributed by atoms with Gasteiger partial charge >= 0.3 is 0 Å². The fourth-order valence-electron chi connectivity index (χ4n) is 4.29. The molecular weight excluding hydrogens is 420 g/mol. The first-order valence-electron chi connectivity index (χ1n) is 11.1. The molecule has 0 bridgehead atoms. The van der Waals surface area contributed by atoms with Gasteiger partial charge in [-0.15, -0.1) is 0 Å². The molecular formula is C26H28N2O5. The Balaban J connectivity index is 1.57. The number of aliphatic hydroxyl groups is 1. The number of ether oxygens (including phenoxy) is 1. The minimum atomic E-state index is -0.762. The van der Waals surface area contributed by atoms with Crippen molar-refractivity contribution >= 4 is 17.8 Å². The molecule has 0 aliphatic carbocycles. The lowest BCUT2D eigenvalue weighted by Crippen LogP contribution is -2.39. The van der Waals surface area contributed by atoms with Crippen LogP contribution in [0.4, 0.5) is 0 Å². The van der Waals surface area contributed by atoms with Crippen LogP contribution in [-0.4, -0.2) is 71.1 Å². The number of phenolic OH excluding ortho intramolecular Hbond substituents is 1. The molecule has 2 aliphatic rings. The number of amides is 1. The lowest BCUT2D eigenvalue weighted by molar-refractivity contribution is -0.129. The third kappa shape index (κ3) is 5.32. The van der Waals surface area contributed by atoms with E-state index in [0.29, 0.717) is 31.7 Å². The molecule has 0 radical (unpaired) electrons. The normalized spacial score (nSPS) is 19.6. The number of hydrogen-bond acceptors (Lipinski definition) is 6. The number of benzene rings is 2. The van der Waals surface area contributed by atoms with E-state index in [0.717, 1.165) is 25.2 Å². The Morgan fingerprint density at radius 3 is 2.52 bits per heavy atom. The lowest BCUT2D eigenvalue weighted by Gasteiger charge is -2.30. The number of hydrogen-bond donors (Lipinski definition) is 2. The molecule has 2 aliphatic heterocycles. The number of phenols is 1. The molecule has 1 fully saturated rings. The van der Waals surface area contributed by atoms with Crippen molar-refractivity contribution in [3.05, 3.63) is 83.1 Å². The third-order valence-corrected chi connectivity index (χ3v) is 5.96. The predicted molar refractivity (Wildman–Crippen MR) is 125 cm³/mol. The van der Waals surface area contributed by atoms with E-state index in [4.69, 9.17) is 4.74 Å². The standard InChI is InChI=1S/C26H28N2O5/c29-21-9-4-8-20(18-21)24-23(22(30)11-10-19-6-2-1-3-7-19)25(31)26(32)28(24)13-5-12-27-14-16-33-17-15-27/h1-4,6-11,18,24,29,31H,5,12-17H2. The number of aliphatic hydroxyl groups excluding tert-OH is 1. The summed E-state index contributed by atoms with van der Waals surface area (Å²) in [7, 11) is 0. The highest BCUT2D eigenvalue weighted by Gasteiger charge is 2.42. The molecule has 2 aromatic carbocycles. The maximum atomic E-state index is 13.1. The fraction of sp³-hybridized carbons (Fsp3) is 0.308. The first-order chi connectivity index (χ1) is 16.0. The van der Waals surface area contributed by atoms with Crippen LogP contribution in [0.2, 0.25) is 0 Å². The molecule has 33 heavy (non-hydrogen) atoms. The van der Waals surface area contributed by atoms with Crippen LogP contribution in [0.25, 0.3) is 6.08 Å². The van der Waals surface area contributed by atoms with E-state index in [1.54, 1.807) is 18.2 Å². The average Bonchev–Trinajstić information content (AvgIpc) is 3.09. The van der Waals surface area contributed by atoms with E-state index in [1.165, 1.54) is 23.1 Å². The quantitative estimate of drug-likeness (QED) is 0.603. The minimum absolute atomic E-state index is 0.0316. The summed E-state index contributed by atoms with van der Waals surface area (Å²) in [6.45, 7) is 4.26. The van der Waals surface area contributed by atoms with Gasteiger partial charge in [-0.2, -0.15) is 0 Å². The first kappa shape index (κ1) is 22.8. The lowest BCUT2D eigenvalue weighted by atomic mass is 9.95. The van der Waals surface area contributed by atoms with Gasteiger partial charge in [0.2, 0.25) is 0 Å². The molecule has 4 rings (SSSR count). The zero-order valence-electron chi connectivity index (χ0n) is 18.4. The molecule has 172 valence electrons. The van der Waals surface area contributed by atoms with Crippen LogP contribution < -0.4 is 0 Å². The number of ketones is 1. The topological polar surface area (TPSA) is 90.3 Å². The summed E-state index contributed by atoms with van der Waals surface area (Å²) in [4.78, 5) is 29.9. The molecule has 0 spiro atoms. The summed E-state index contributed by atoms with van der Waals surface area (Å²) >= 11 is 0. The molecule has 2 aromatic rings. The van der Waals surface area contributed by atoms with E-state index in [2.05, 4.69) is 4.90 Å². The molecule has 2 N–H and O–H groups in total. The average molecular weight is 449 g/mol.